The number of rotatable bonds is 2. The van der Waals surface area contributed by atoms with E-state index in [9.17, 15) is 14.3 Å². The molecule has 0 aromatic heterocycles. The lowest BCUT2D eigenvalue weighted by Crippen LogP contribution is -2.19. The molecule has 0 spiro atoms. The highest BCUT2D eigenvalue weighted by atomic mass is 32.2. The Labute approximate surface area is 100 Å². The van der Waals surface area contributed by atoms with Gasteiger partial charge in [0.15, 0.2) is 5.17 Å². The number of phenols is 1. The van der Waals surface area contributed by atoms with Crippen LogP contribution < -0.4 is 5.32 Å². The largest absolute Gasteiger partial charge is 0.507 e. The summed E-state index contributed by atoms with van der Waals surface area (Å²) in [5.74, 6) is -0.365. The van der Waals surface area contributed by atoms with Gasteiger partial charge in [0.1, 0.15) is 11.6 Å². The second-order valence-corrected chi connectivity index (χ2v) is 4.15. The molecule has 17 heavy (non-hydrogen) atoms. The maximum Gasteiger partial charge on any atom is 0.236 e. The van der Waals surface area contributed by atoms with Gasteiger partial charge in [-0.15, -0.1) is 5.10 Å². The van der Waals surface area contributed by atoms with E-state index in [0.717, 1.165) is 12.1 Å². The number of thioether (sulfide) groups is 1. The zero-order valence-electron chi connectivity index (χ0n) is 8.55. The van der Waals surface area contributed by atoms with E-state index in [1.54, 1.807) is 0 Å². The lowest BCUT2D eigenvalue weighted by molar-refractivity contribution is -0.116. The van der Waals surface area contributed by atoms with Gasteiger partial charge in [-0.25, -0.2) is 4.39 Å². The summed E-state index contributed by atoms with van der Waals surface area (Å²) in [6.45, 7) is 0. The first kappa shape index (κ1) is 11.6. The standard InChI is InChI=1S/C10H8FN3O2S/c11-7-1-2-8(15)6(3-7)4-12-14-10-13-9(16)5-17-10/h1-4,15H,5H2,(H,13,14,16). The number of amidine groups is 1. The molecule has 1 fully saturated rings. The number of nitrogens with zero attached hydrogens (tertiary/aromatic N) is 2. The predicted molar refractivity (Wildman–Crippen MR) is 63.7 cm³/mol. The number of carbonyl (C=O) groups excluding carboxylic acids is 1. The fourth-order valence-electron chi connectivity index (χ4n) is 1.15. The van der Waals surface area contributed by atoms with Crippen LogP contribution in [0.5, 0.6) is 5.75 Å². The van der Waals surface area contributed by atoms with Crippen molar-refractivity contribution >= 4 is 29.1 Å². The van der Waals surface area contributed by atoms with Gasteiger partial charge in [-0.3, -0.25) is 4.79 Å². The average Bonchev–Trinajstić information content (AvgIpc) is 2.69. The Hall–Kier alpha value is -1.89. The first-order chi connectivity index (χ1) is 8.15. The molecular formula is C10H8FN3O2S. The molecule has 2 N–H and O–H groups in total. The number of benzene rings is 1. The van der Waals surface area contributed by atoms with E-state index in [2.05, 4.69) is 15.5 Å². The highest BCUT2D eigenvalue weighted by Gasteiger charge is 2.15. The second kappa shape index (κ2) is 4.96. The maximum absolute atomic E-state index is 12.9. The molecule has 0 unspecified atom stereocenters. The Kier molecular flexibility index (Phi) is 3.38. The molecule has 1 aromatic rings. The average molecular weight is 253 g/mol. The van der Waals surface area contributed by atoms with E-state index in [1.807, 2.05) is 0 Å². The van der Waals surface area contributed by atoms with E-state index in [-0.39, 0.29) is 17.2 Å². The van der Waals surface area contributed by atoms with Crippen LogP contribution in [0.4, 0.5) is 4.39 Å². The summed E-state index contributed by atoms with van der Waals surface area (Å²) in [4.78, 5) is 10.8. The van der Waals surface area contributed by atoms with Gasteiger partial charge in [-0.05, 0) is 18.2 Å². The monoisotopic (exact) mass is 253 g/mol. The van der Waals surface area contributed by atoms with Crippen LogP contribution in [0, 0.1) is 5.82 Å². The topological polar surface area (TPSA) is 74.0 Å². The number of amides is 1. The van der Waals surface area contributed by atoms with Crippen LogP contribution in [-0.2, 0) is 4.79 Å². The van der Waals surface area contributed by atoms with Crippen LogP contribution in [0.15, 0.2) is 28.4 Å². The van der Waals surface area contributed by atoms with Gasteiger partial charge in [0.2, 0.25) is 5.91 Å². The normalized spacial score (nSPS) is 17.9. The first-order valence-electron chi connectivity index (χ1n) is 4.67. The Morgan fingerprint density at radius 3 is 3.06 bits per heavy atom. The Morgan fingerprint density at radius 2 is 2.35 bits per heavy atom. The predicted octanol–water partition coefficient (Wildman–Crippen LogP) is 1.08. The van der Waals surface area contributed by atoms with Gasteiger partial charge in [-0.2, -0.15) is 5.10 Å². The van der Waals surface area contributed by atoms with Crippen LogP contribution in [-0.4, -0.2) is 28.1 Å². The number of halogens is 1. The summed E-state index contributed by atoms with van der Waals surface area (Å²) >= 11 is 1.23. The van der Waals surface area contributed by atoms with Crippen molar-refractivity contribution in [1.29, 1.82) is 0 Å². The fourth-order valence-corrected chi connectivity index (χ4v) is 1.78. The summed E-state index contributed by atoms with van der Waals surface area (Å²) in [6.07, 6.45) is 1.22. The molecule has 1 heterocycles. The number of phenolic OH excluding ortho intramolecular Hbond substituents is 1. The Bertz CT molecular complexity index is 516. The molecule has 1 aromatic carbocycles. The van der Waals surface area contributed by atoms with Crippen LogP contribution in [0.3, 0.4) is 0 Å². The second-order valence-electron chi connectivity index (χ2n) is 3.19. The number of aromatic hydroxyl groups is 1. The molecular weight excluding hydrogens is 245 g/mol. The first-order valence-corrected chi connectivity index (χ1v) is 5.66. The molecule has 0 bridgehead atoms. The molecule has 5 nitrogen and oxygen atoms in total. The van der Waals surface area contributed by atoms with Crippen LogP contribution in [0.2, 0.25) is 0 Å². The van der Waals surface area contributed by atoms with Crippen molar-refractivity contribution in [3.8, 4) is 5.75 Å². The quantitative estimate of drug-likeness (QED) is 0.612. The molecule has 7 heteroatoms. The summed E-state index contributed by atoms with van der Waals surface area (Å²) < 4.78 is 12.9. The highest BCUT2D eigenvalue weighted by Crippen LogP contribution is 2.15. The third-order valence-corrected chi connectivity index (χ3v) is 2.78. The zero-order chi connectivity index (χ0) is 12.3. The third kappa shape index (κ3) is 3.04. The molecule has 0 saturated carbocycles. The molecule has 1 aliphatic heterocycles. The minimum absolute atomic E-state index is 0.0848. The van der Waals surface area contributed by atoms with Crippen LogP contribution in [0.1, 0.15) is 5.56 Å². The lowest BCUT2D eigenvalue weighted by atomic mass is 10.2. The number of hydrogen-bond acceptors (Lipinski definition) is 5. The van der Waals surface area contributed by atoms with Gasteiger partial charge in [-0.1, -0.05) is 11.8 Å². The van der Waals surface area contributed by atoms with Crippen molar-refractivity contribution in [3.05, 3.63) is 29.6 Å². The summed E-state index contributed by atoms with van der Waals surface area (Å²) in [7, 11) is 0. The van der Waals surface area contributed by atoms with Gasteiger partial charge in [0.25, 0.3) is 0 Å². The van der Waals surface area contributed by atoms with Gasteiger partial charge in [0.05, 0.1) is 12.0 Å². The van der Waals surface area contributed by atoms with E-state index in [1.165, 1.54) is 24.0 Å². The Balaban J connectivity index is 2.10. The molecule has 0 aliphatic carbocycles. The highest BCUT2D eigenvalue weighted by molar-refractivity contribution is 8.15. The summed E-state index contributed by atoms with van der Waals surface area (Å²) in [6, 6.07) is 3.51. The molecule has 1 amide bonds. The van der Waals surface area contributed by atoms with Crippen molar-refractivity contribution < 1.29 is 14.3 Å². The van der Waals surface area contributed by atoms with Gasteiger partial charge >= 0.3 is 0 Å². The zero-order valence-corrected chi connectivity index (χ0v) is 9.37. The van der Waals surface area contributed by atoms with Crippen LogP contribution in [0.25, 0.3) is 0 Å². The van der Waals surface area contributed by atoms with Gasteiger partial charge in [0, 0.05) is 5.56 Å². The van der Waals surface area contributed by atoms with E-state index in [0.29, 0.717) is 10.9 Å². The molecule has 88 valence electrons. The number of carbonyl (C=O) groups is 1. The SMILES string of the molecule is O=C1CSC(=NN=Cc2cc(F)ccc2O)N1. The molecule has 0 radical (unpaired) electrons. The van der Waals surface area contributed by atoms with Crippen molar-refractivity contribution in [2.75, 3.05) is 5.75 Å². The number of nitrogens with one attached hydrogen (secondary N) is 1. The maximum atomic E-state index is 12.9. The minimum Gasteiger partial charge on any atom is -0.507 e. The summed E-state index contributed by atoms with van der Waals surface area (Å²) in [5, 5.41) is 19.7. The summed E-state index contributed by atoms with van der Waals surface area (Å²) in [5.41, 5.74) is 0.226. The lowest BCUT2D eigenvalue weighted by Gasteiger charge is -1.96. The molecule has 1 aliphatic rings. The molecule has 0 atom stereocenters. The van der Waals surface area contributed by atoms with E-state index in [4.69, 9.17) is 0 Å². The molecule has 2 rings (SSSR count). The number of hydrogen-bond donors (Lipinski definition) is 2. The minimum atomic E-state index is -0.472. The van der Waals surface area contributed by atoms with Crippen molar-refractivity contribution in [1.82, 2.24) is 5.32 Å². The van der Waals surface area contributed by atoms with Crippen LogP contribution >= 0.6 is 11.8 Å². The fraction of sp³-hybridized carbons (Fsp3) is 0.100. The van der Waals surface area contributed by atoms with E-state index < -0.39 is 5.82 Å². The third-order valence-electron chi connectivity index (χ3n) is 1.92. The van der Waals surface area contributed by atoms with Crippen molar-refractivity contribution in [2.24, 2.45) is 10.2 Å². The smallest absolute Gasteiger partial charge is 0.236 e. The Morgan fingerprint density at radius 1 is 1.53 bits per heavy atom. The van der Waals surface area contributed by atoms with Crippen molar-refractivity contribution in [3.63, 3.8) is 0 Å². The van der Waals surface area contributed by atoms with Crippen molar-refractivity contribution in [2.45, 2.75) is 0 Å². The van der Waals surface area contributed by atoms with E-state index >= 15 is 0 Å². The molecule has 1 saturated heterocycles. The van der Waals surface area contributed by atoms with Gasteiger partial charge < -0.3 is 10.4 Å².